The molecule has 2 aromatic rings. The Bertz CT molecular complexity index is 792. The molecule has 0 radical (unpaired) electrons. The fourth-order valence-corrected chi connectivity index (χ4v) is 1.88. The van der Waals surface area contributed by atoms with Gasteiger partial charge in [0, 0.05) is 0 Å². The molecule has 1 aliphatic heterocycles. The third kappa shape index (κ3) is 2.07. The van der Waals surface area contributed by atoms with Gasteiger partial charge in [-0.05, 0) is 18.2 Å². The van der Waals surface area contributed by atoms with Crippen molar-refractivity contribution < 1.29 is 13.5 Å². The van der Waals surface area contributed by atoms with Gasteiger partial charge in [0.2, 0.25) is 5.88 Å². The topological polar surface area (TPSA) is 58.9 Å². The molecule has 0 spiro atoms. The van der Waals surface area contributed by atoms with E-state index in [1.54, 1.807) is 6.07 Å². The lowest BCUT2D eigenvalue weighted by molar-refractivity contribution is 0.398. The van der Waals surface area contributed by atoms with E-state index < -0.39 is 11.6 Å². The molecule has 0 bridgehead atoms. The molecule has 0 unspecified atom stereocenters. The van der Waals surface area contributed by atoms with Crippen molar-refractivity contribution in [3.05, 3.63) is 46.7 Å². The van der Waals surface area contributed by atoms with Crippen LogP contribution in [0.25, 0.3) is 0 Å². The minimum atomic E-state index is -0.961. The molecule has 2 heterocycles. The summed E-state index contributed by atoms with van der Waals surface area (Å²) >= 11 is 0. The molecule has 7 heteroatoms. The normalized spacial score (nSPS) is 12.3. The van der Waals surface area contributed by atoms with Crippen molar-refractivity contribution in [1.82, 2.24) is 4.98 Å². The molecule has 20 heavy (non-hydrogen) atoms. The van der Waals surface area contributed by atoms with Crippen molar-refractivity contribution in [3.63, 3.8) is 0 Å². The number of benzene rings is 1. The quantitative estimate of drug-likeness (QED) is 0.920. The van der Waals surface area contributed by atoms with Gasteiger partial charge in [-0.1, -0.05) is 6.07 Å². The van der Waals surface area contributed by atoms with E-state index >= 15 is 0 Å². The lowest BCUT2D eigenvalue weighted by Crippen LogP contribution is -2.26. The van der Waals surface area contributed by atoms with Crippen LogP contribution in [-0.4, -0.2) is 18.8 Å². The van der Waals surface area contributed by atoms with Gasteiger partial charge in [0.05, 0.1) is 12.8 Å². The first-order valence-corrected chi connectivity index (χ1v) is 5.84. The molecular weight excluding hydrogens is 266 g/mol. The lowest BCUT2D eigenvalue weighted by atomic mass is 10.2. The van der Waals surface area contributed by atoms with Crippen molar-refractivity contribution in [2.45, 2.75) is 0 Å². The number of ether oxygens (including phenoxy) is 1. The summed E-state index contributed by atoms with van der Waals surface area (Å²) in [4.78, 5) is 12.4. The fraction of sp³-hybridized carbons (Fsp3) is 0.154. The minimum absolute atomic E-state index is 0.0000132. The van der Waals surface area contributed by atoms with Crippen LogP contribution < -0.4 is 20.9 Å². The molecule has 0 saturated heterocycles. The molecule has 0 amide bonds. The van der Waals surface area contributed by atoms with Crippen molar-refractivity contribution in [1.29, 1.82) is 0 Å². The van der Waals surface area contributed by atoms with Crippen molar-refractivity contribution >= 4 is 11.4 Å². The molecule has 0 saturated carbocycles. The van der Waals surface area contributed by atoms with Gasteiger partial charge < -0.3 is 10.1 Å². The second-order valence-electron chi connectivity index (χ2n) is 4.07. The summed E-state index contributed by atoms with van der Waals surface area (Å²) in [6.07, 6.45) is 0. The van der Waals surface area contributed by atoms with Crippen LogP contribution >= 0.6 is 0 Å². The average molecular weight is 276 g/mol. The fourth-order valence-electron chi connectivity index (χ4n) is 1.88. The van der Waals surface area contributed by atoms with Crippen LogP contribution in [0.2, 0.25) is 0 Å². The zero-order valence-electron chi connectivity index (χ0n) is 10.5. The number of pyridine rings is 1. The molecule has 0 aliphatic carbocycles. The van der Waals surface area contributed by atoms with Crippen molar-refractivity contribution in [3.8, 4) is 5.88 Å². The molecule has 102 valence electrons. The van der Waals surface area contributed by atoms with E-state index in [1.165, 1.54) is 19.2 Å². The molecule has 1 aromatic heterocycles. The third-order valence-corrected chi connectivity index (χ3v) is 2.82. The number of fused-ring (bicyclic) bond motifs is 1. The van der Waals surface area contributed by atoms with Gasteiger partial charge in [0.1, 0.15) is 17.7 Å². The standard InChI is InChI=1S/C13H10F2N4O/c1-20-13-10(5-9-12(19-13)17-6-16-9)18-8-4-2-3-7(14)11(8)15/h2-5,18H,6H2,1H3. The highest BCUT2D eigenvalue weighted by Gasteiger charge is 2.13. The van der Waals surface area contributed by atoms with Crippen molar-refractivity contribution in [2.24, 2.45) is 9.98 Å². The summed E-state index contributed by atoms with van der Waals surface area (Å²) < 4.78 is 32.0. The van der Waals surface area contributed by atoms with E-state index in [0.717, 1.165) is 6.07 Å². The van der Waals surface area contributed by atoms with Crippen LogP contribution in [0.4, 0.5) is 20.2 Å². The minimum Gasteiger partial charge on any atom is -0.479 e. The first-order chi connectivity index (χ1) is 9.69. The molecule has 0 fully saturated rings. The van der Waals surface area contributed by atoms with Gasteiger partial charge in [-0.3, -0.25) is 4.99 Å². The Hall–Kier alpha value is -2.57. The lowest BCUT2D eigenvalue weighted by Gasteiger charge is -2.10. The van der Waals surface area contributed by atoms with Crippen LogP contribution in [-0.2, 0) is 0 Å². The summed E-state index contributed by atoms with van der Waals surface area (Å²) in [5.74, 6) is -1.65. The highest BCUT2D eigenvalue weighted by atomic mass is 19.2. The Balaban J connectivity index is 2.07. The zero-order chi connectivity index (χ0) is 14.1. The van der Waals surface area contributed by atoms with Gasteiger partial charge in [-0.15, -0.1) is 0 Å². The summed E-state index contributed by atoms with van der Waals surface area (Å²) in [6, 6.07) is 5.52. The Kier molecular flexibility index (Phi) is 3.02. The Morgan fingerprint density at radius 2 is 2.05 bits per heavy atom. The highest BCUT2D eigenvalue weighted by Crippen LogP contribution is 2.25. The number of hydrogen-bond donors (Lipinski definition) is 1. The molecule has 3 rings (SSSR count). The van der Waals surface area contributed by atoms with Crippen LogP contribution in [0.15, 0.2) is 34.3 Å². The Labute approximate surface area is 112 Å². The van der Waals surface area contributed by atoms with Gasteiger partial charge in [-0.2, -0.15) is 4.98 Å². The first-order valence-electron chi connectivity index (χ1n) is 5.84. The predicted octanol–water partition coefficient (Wildman–Crippen LogP) is 1.32. The predicted molar refractivity (Wildman–Crippen MR) is 67.6 cm³/mol. The van der Waals surface area contributed by atoms with E-state index in [-0.39, 0.29) is 11.6 Å². The number of halogens is 2. The monoisotopic (exact) mass is 276 g/mol. The third-order valence-electron chi connectivity index (χ3n) is 2.82. The largest absolute Gasteiger partial charge is 0.479 e. The SMILES string of the molecule is COc1nc2c(cc1Nc1cccc(F)c1F)=NCN=2. The first kappa shape index (κ1) is 12.5. The highest BCUT2D eigenvalue weighted by molar-refractivity contribution is 5.64. The number of methoxy groups -OCH3 is 1. The van der Waals surface area contributed by atoms with E-state index in [1.807, 2.05) is 0 Å². The molecule has 0 atom stereocenters. The maximum absolute atomic E-state index is 13.7. The summed E-state index contributed by atoms with van der Waals surface area (Å²) in [7, 11) is 1.44. The van der Waals surface area contributed by atoms with Crippen molar-refractivity contribution in [2.75, 3.05) is 19.1 Å². The number of rotatable bonds is 3. The van der Waals surface area contributed by atoms with Crippen LogP contribution in [0.3, 0.4) is 0 Å². The van der Waals surface area contributed by atoms with E-state index in [9.17, 15) is 8.78 Å². The van der Waals surface area contributed by atoms with Crippen LogP contribution in [0.1, 0.15) is 0 Å². The maximum Gasteiger partial charge on any atom is 0.239 e. The second-order valence-corrected chi connectivity index (χ2v) is 4.07. The van der Waals surface area contributed by atoms with E-state index in [0.29, 0.717) is 23.2 Å². The number of aromatic nitrogens is 1. The summed E-state index contributed by atoms with van der Waals surface area (Å²) in [5, 5.41) is 3.35. The van der Waals surface area contributed by atoms with Gasteiger partial charge in [0.25, 0.3) is 0 Å². The number of nitrogens with one attached hydrogen (secondary N) is 1. The Morgan fingerprint density at radius 1 is 1.20 bits per heavy atom. The molecule has 1 aromatic carbocycles. The molecule has 1 aliphatic rings. The zero-order valence-corrected chi connectivity index (χ0v) is 10.5. The van der Waals surface area contributed by atoms with Crippen LogP contribution in [0, 0.1) is 11.6 Å². The van der Waals surface area contributed by atoms with Crippen LogP contribution in [0.5, 0.6) is 5.88 Å². The van der Waals surface area contributed by atoms with Gasteiger partial charge >= 0.3 is 0 Å². The van der Waals surface area contributed by atoms with Gasteiger partial charge in [-0.25, -0.2) is 13.8 Å². The Morgan fingerprint density at radius 3 is 2.85 bits per heavy atom. The maximum atomic E-state index is 13.7. The molecular formula is C13H10F2N4O. The number of anilines is 2. The number of hydrogen-bond acceptors (Lipinski definition) is 5. The summed E-state index contributed by atoms with van der Waals surface area (Å²) in [5.41, 5.74) is 0.878. The molecule has 1 N–H and O–H groups in total. The molecule has 5 nitrogen and oxygen atoms in total. The second kappa shape index (κ2) is 4.84. The summed E-state index contributed by atoms with van der Waals surface area (Å²) in [6.45, 7) is 0.309. The average Bonchev–Trinajstić information content (AvgIpc) is 2.90. The number of nitrogens with zero attached hydrogens (tertiary/aromatic N) is 3. The smallest absolute Gasteiger partial charge is 0.239 e. The van der Waals surface area contributed by atoms with E-state index in [2.05, 4.69) is 20.3 Å². The van der Waals surface area contributed by atoms with E-state index in [4.69, 9.17) is 4.74 Å². The van der Waals surface area contributed by atoms with Gasteiger partial charge in [0.15, 0.2) is 17.1 Å².